The fraction of sp³-hybridized carbons (Fsp3) is 0.240. The van der Waals surface area contributed by atoms with Crippen molar-refractivity contribution in [2.24, 2.45) is 5.92 Å². The Morgan fingerprint density at radius 2 is 1.71 bits per heavy atom. The molecule has 1 heterocycles. The van der Waals surface area contributed by atoms with Crippen molar-refractivity contribution in [1.29, 1.82) is 0 Å². The number of aryl methyl sites for hydroxylation is 1. The molecule has 2 atom stereocenters. The van der Waals surface area contributed by atoms with E-state index in [0.717, 1.165) is 11.3 Å². The van der Waals surface area contributed by atoms with Crippen LogP contribution in [0.3, 0.4) is 0 Å². The van der Waals surface area contributed by atoms with Crippen molar-refractivity contribution in [3.05, 3.63) is 83.6 Å². The third-order valence-electron chi connectivity index (χ3n) is 5.76. The molecule has 31 heavy (non-hydrogen) atoms. The summed E-state index contributed by atoms with van der Waals surface area (Å²) in [4.78, 5) is 31.2. The molecule has 0 spiro atoms. The number of amides is 1. The maximum atomic E-state index is 13.7. The van der Waals surface area contributed by atoms with Crippen LogP contribution in [0.2, 0.25) is 0 Å². The molecule has 2 unspecified atom stereocenters. The molecule has 1 N–H and O–H groups in total. The van der Waals surface area contributed by atoms with Crippen LogP contribution in [0.5, 0.6) is 11.5 Å². The number of ether oxygens (including phenoxy) is 2. The van der Waals surface area contributed by atoms with E-state index in [2.05, 4.69) is 10.3 Å². The van der Waals surface area contributed by atoms with Crippen LogP contribution in [0.4, 0.5) is 5.82 Å². The van der Waals surface area contributed by atoms with Crippen LogP contribution in [0.1, 0.15) is 28.0 Å². The molecule has 3 aromatic rings. The van der Waals surface area contributed by atoms with Gasteiger partial charge in [0.05, 0.1) is 25.6 Å². The third-order valence-corrected chi connectivity index (χ3v) is 5.76. The number of pyridine rings is 1. The molecule has 1 aromatic heterocycles. The lowest BCUT2D eigenvalue weighted by atomic mass is 9.85. The zero-order valence-electron chi connectivity index (χ0n) is 17.7. The highest BCUT2D eigenvalue weighted by Gasteiger charge is 2.64. The molecule has 1 aliphatic carbocycles. The average Bonchev–Trinajstić information content (AvgIpc) is 3.56. The van der Waals surface area contributed by atoms with E-state index in [1.165, 1.54) is 7.11 Å². The second kappa shape index (κ2) is 8.22. The topological polar surface area (TPSA) is 77.5 Å². The van der Waals surface area contributed by atoms with Gasteiger partial charge in [-0.05, 0) is 49.2 Å². The molecular formula is C25H24N2O4. The Bertz CT molecular complexity index is 1130. The van der Waals surface area contributed by atoms with Crippen LogP contribution >= 0.6 is 0 Å². The van der Waals surface area contributed by atoms with Gasteiger partial charge in [-0.15, -0.1) is 0 Å². The Hall–Kier alpha value is -3.67. The standard InChI is InChI=1S/C25H24N2O4/c1-16-8-7-11-22(26-16)27-24(29)19-15-25(19,18-9-5-4-6-10-18)23(28)17-12-13-20(30-2)21(14-17)31-3/h4-14,19H,15H2,1-3H3,(H,26,27,29). The molecule has 0 aliphatic heterocycles. The SMILES string of the molecule is COc1ccc(C(=O)C2(c3ccccc3)CC2C(=O)Nc2cccc(C)n2)cc1OC. The summed E-state index contributed by atoms with van der Waals surface area (Å²) in [7, 11) is 3.08. The normalized spacial score (nSPS) is 19.4. The summed E-state index contributed by atoms with van der Waals surface area (Å²) in [5, 5.41) is 2.87. The second-order valence-corrected chi connectivity index (χ2v) is 7.65. The number of hydrogen-bond donors (Lipinski definition) is 1. The summed E-state index contributed by atoms with van der Waals surface area (Å²) in [6.45, 7) is 1.86. The van der Waals surface area contributed by atoms with Crippen molar-refractivity contribution in [2.45, 2.75) is 18.8 Å². The number of carbonyl (C=O) groups excluding carboxylic acids is 2. The Morgan fingerprint density at radius 3 is 2.39 bits per heavy atom. The first kappa shape index (κ1) is 20.6. The third kappa shape index (κ3) is 3.77. The van der Waals surface area contributed by atoms with Crippen molar-refractivity contribution in [3.8, 4) is 11.5 Å². The summed E-state index contributed by atoms with van der Waals surface area (Å²) in [6, 6.07) is 20.0. The van der Waals surface area contributed by atoms with Gasteiger partial charge in [0.1, 0.15) is 5.82 Å². The summed E-state index contributed by atoms with van der Waals surface area (Å²) >= 11 is 0. The van der Waals surface area contributed by atoms with Gasteiger partial charge < -0.3 is 14.8 Å². The van der Waals surface area contributed by atoms with E-state index in [-0.39, 0.29) is 11.7 Å². The highest BCUT2D eigenvalue weighted by Crippen LogP contribution is 2.57. The number of ketones is 1. The van der Waals surface area contributed by atoms with E-state index in [1.807, 2.05) is 49.4 Å². The van der Waals surface area contributed by atoms with E-state index < -0.39 is 11.3 Å². The molecule has 1 amide bonds. The molecule has 0 bridgehead atoms. The van der Waals surface area contributed by atoms with E-state index in [1.54, 1.807) is 31.4 Å². The smallest absolute Gasteiger partial charge is 0.230 e. The maximum absolute atomic E-state index is 13.7. The van der Waals surface area contributed by atoms with Gasteiger partial charge in [-0.3, -0.25) is 9.59 Å². The number of rotatable bonds is 7. The molecule has 6 nitrogen and oxygen atoms in total. The van der Waals surface area contributed by atoms with Crippen LogP contribution in [-0.2, 0) is 10.2 Å². The summed E-state index contributed by atoms with van der Waals surface area (Å²) in [5.41, 5.74) is 1.19. The van der Waals surface area contributed by atoms with Gasteiger partial charge >= 0.3 is 0 Å². The highest BCUT2D eigenvalue weighted by atomic mass is 16.5. The van der Waals surface area contributed by atoms with Gasteiger partial charge in [0, 0.05) is 11.3 Å². The van der Waals surface area contributed by atoms with Gasteiger partial charge in [-0.25, -0.2) is 4.98 Å². The molecule has 0 saturated heterocycles. The van der Waals surface area contributed by atoms with Crippen molar-refractivity contribution in [3.63, 3.8) is 0 Å². The first-order chi connectivity index (χ1) is 15.0. The van der Waals surface area contributed by atoms with Crippen molar-refractivity contribution >= 4 is 17.5 Å². The zero-order chi connectivity index (χ0) is 22.0. The Labute approximate surface area is 181 Å². The number of anilines is 1. The van der Waals surface area contributed by atoms with Crippen LogP contribution in [-0.4, -0.2) is 30.9 Å². The predicted molar refractivity (Wildman–Crippen MR) is 118 cm³/mol. The van der Waals surface area contributed by atoms with E-state index >= 15 is 0 Å². The van der Waals surface area contributed by atoms with Gasteiger partial charge in [0.2, 0.25) is 5.91 Å². The van der Waals surface area contributed by atoms with Gasteiger partial charge in [0.25, 0.3) is 0 Å². The first-order valence-electron chi connectivity index (χ1n) is 10.1. The van der Waals surface area contributed by atoms with Crippen LogP contribution < -0.4 is 14.8 Å². The molecule has 4 rings (SSSR count). The largest absolute Gasteiger partial charge is 0.493 e. The van der Waals surface area contributed by atoms with Crippen LogP contribution in [0, 0.1) is 12.8 Å². The fourth-order valence-corrected chi connectivity index (χ4v) is 4.08. The molecule has 158 valence electrons. The number of carbonyl (C=O) groups is 2. The molecule has 0 radical (unpaired) electrons. The average molecular weight is 416 g/mol. The lowest BCUT2D eigenvalue weighted by Gasteiger charge is -2.18. The number of aromatic nitrogens is 1. The summed E-state index contributed by atoms with van der Waals surface area (Å²) in [5.74, 6) is 0.689. The molecule has 6 heteroatoms. The van der Waals surface area contributed by atoms with Crippen LogP contribution in [0.25, 0.3) is 0 Å². The number of methoxy groups -OCH3 is 2. The van der Waals surface area contributed by atoms with Gasteiger partial charge in [-0.1, -0.05) is 36.4 Å². The second-order valence-electron chi connectivity index (χ2n) is 7.65. The highest BCUT2D eigenvalue weighted by molar-refractivity contribution is 6.12. The molecule has 1 aliphatic rings. The number of nitrogens with one attached hydrogen (secondary N) is 1. The number of hydrogen-bond acceptors (Lipinski definition) is 5. The first-order valence-corrected chi connectivity index (χ1v) is 10.1. The number of benzene rings is 2. The predicted octanol–water partition coefficient (Wildman–Crippen LogP) is 4.19. The van der Waals surface area contributed by atoms with E-state index in [0.29, 0.717) is 29.3 Å². The number of nitrogens with zero attached hydrogens (tertiary/aromatic N) is 1. The minimum Gasteiger partial charge on any atom is -0.493 e. The van der Waals surface area contributed by atoms with Crippen LogP contribution in [0.15, 0.2) is 66.7 Å². The quantitative estimate of drug-likeness (QED) is 0.585. The Balaban J connectivity index is 1.68. The van der Waals surface area contributed by atoms with Gasteiger partial charge in [-0.2, -0.15) is 0 Å². The molecular weight excluding hydrogens is 392 g/mol. The van der Waals surface area contributed by atoms with Crippen molar-refractivity contribution in [2.75, 3.05) is 19.5 Å². The van der Waals surface area contributed by atoms with E-state index in [9.17, 15) is 9.59 Å². The number of Topliss-reactive ketones (excluding diaryl/α,β-unsaturated/α-hetero) is 1. The van der Waals surface area contributed by atoms with Crippen molar-refractivity contribution in [1.82, 2.24) is 4.98 Å². The lowest BCUT2D eigenvalue weighted by molar-refractivity contribution is -0.117. The summed E-state index contributed by atoms with van der Waals surface area (Å²) in [6.07, 6.45) is 0.432. The van der Waals surface area contributed by atoms with Gasteiger partial charge in [0.15, 0.2) is 17.3 Å². The minimum atomic E-state index is -0.922. The molecule has 1 saturated carbocycles. The summed E-state index contributed by atoms with van der Waals surface area (Å²) < 4.78 is 10.7. The monoisotopic (exact) mass is 416 g/mol. The Morgan fingerprint density at radius 1 is 0.968 bits per heavy atom. The lowest BCUT2D eigenvalue weighted by Crippen LogP contribution is -2.28. The Kier molecular flexibility index (Phi) is 5.46. The minimum absolute atomic E-state index is 0.114. The molecule has 2 aromatic carbocycles. The maximum Gasteiger partial charge on any atom is 0.230 e. The zero-order valence-corrected chi connectivity index (χ0v) is 17.7. The van der Waals surface area contributed by atoms with Crippen molar-refractivity contribution < 1.29 is 19.1 Å². The van der Waals surface area contributed by atoms with E-state index in [4.69, 9.17) is 9.47 Å². The fourth-order valence-electron chi connectivity index (χ4n) is 4.08. The molecule has 1 fully saturated rings.